The zero-order valence-corrected chi connectivity index (χ0v) is 14.0. The molecule has 2 aromatic heterocycles. The van der Waals surface area contributed by atoms with Crippen molar-refractivity contribution in [3.8, 4) is 17.4 Å². The molecule has 2 N–H and O–H groups in total. The standard InChI is InChI=1S/C18H18FN3O3/c1-11-9-14-17(22-18(11)24-8-7-23-2)16(5-6-21-14)25-15-4-3-12(20)10-13(15)19/h3-6,9-10H,7-8,20H2,1-2H3. The number of hydrogen-bond donors (Lipinski definition) is 1. The van der Waals surface area contributed by atoms with Crippen LogP contribution in [0.25, 0.3) is 11.0 Å². The molecule has 0 saturated carbocycles. The Kier molecular flexibility index (Phi) is 4.95. The lowest BCUT2D eigenvalue weighted by molar-refractivity contribution is 0.143. The first-order chi connectivity index (χ1) is 12.1. The lowest BCUT2D eigenvalue weighted by Gasteiger charge is -2.12. The molecule has 1 aromatic carbocycles. The van der Waals surface area contributed by atoms with Crippen LogP contribution < -0.4 is 15.2 Å². The van der Waals surface area contributed by atoms with E-state index in [1.807, 2.05) is 13.0 Å². The van der Waals surface area contributed by atoms with E-state index in [0.29, 0.717) is 41.6 Å². The Morgan fingerprint density at radius 3 is 2.72 bits per heavy atom. The van der Waals surface area contributed by atoms with Crippen LogP contribution in [0.15, 0.2) is 36.5 Å². The molecular weight excluding hydrogens is 325 g/mol. The Morgan fingerprint density at radius 2 is 1.96 bits per heavy atom. The van der Waals surface area contributed by atoms with Crippen LogP contribution in [0.3, 0.4) is 0 Å². The number of methoxy groups -OCH3 is 1. The fourth-order valence-corrected chi connectivity index (χ4v) is 2.29. The van der Waals surface area contributed by atoms with Gasteiger partial charge in [0.15, 0.2) is 17.3 Å². The molecule has 130 valence electrons. The van der Waals surface area contributed by atoms with Crippen LogP contribution in [-0.2, 0) is 4.74 Å². The SMILES string of the molecule is COCCOc1nc2c(Oc3ccc(N)cc3F)ccnc2cc1C. The van der Waals surface area contributed by atoms with Gasteiger partial charge in [0.2, 0.25) is 5.88 Å². The van der Waals surface area contributed by atoms with E-state index in [-0.39, 0.29) is 5.75 Å². The van der Waals surface area contributed by atoms with Gasteiger partial charge >= 0.3 is 0 Å². The summed E-state index contributed by atoms with van der Waals surface area (Å²) >= 11 is 0. The van der Waals surface area contributed by atoms with E-state index in [0.717, 1.165) is 5.56 Å². The van der Waals surface area contributed by atoms with Crippen LogP contribution in [0.4, 0.5) is 10.1 Å². The van der Waals surface area contributed by atoms with Crippen molar-refractivity contribution in [3.63, 3.8) is 0 Å². The number of halogens is 1. The van der Waals surface area contributed by atoms with Gasteiger partial charge in [0, 0.05) is 36.7 Å². The number of anilines is 1. The van der Waals surface area contributed by atoms with Gasteiger partial charge in [-0.1, -0.05) is 0 Å². The lowest BCUT2D eigenvalue weighted by Crippen LogP contribution is -2.07. The zero-order valence-electron chi connectivity index (χ0n) is 14.0. The molecule has 3 aromatic rings. The summed E-state index contributed by atoms with van der Waals surface area (Å²) in [6.07, 6.45) is 1.58. The maximum atomic E-state index is 14.0. The lowest BCUT2D eigenvalue weighted by atomic mass is 10.2. The number of fused-ring (bicyclic) bond motifs is 1. The highest BCUT2D eigenvalue weighted by molar-refractivity contribution is 5.82. The average molecular weight is 343 g/mol. The highest BCUT2D eigenvalue weighted by Crippen LogP contribution is 2.32. The van der Waals surface area contributed by atoms with Crippen LogP contribution >= 0.6 is 0 Å². The third-order valence-corrected chi connectivity index (χ3v) is 3.52. The van der Waals surface area contributed by atoms with Gasteiger partial charge in [-0.3, -0.25) is 4.98 Å². The van der Waals surface area contributed by atoms with E-state index in [9.17, 15) is 4.39 Å². The molecule has 6 nitrogen and oxygen atoms in total. The third-order valence-electron chi connectivity index (χ3n) is 3.52. The summed E-state index contributed by atoms with van der Waals surface area (Å²) in [6.45, 7) is 2.70. The maximum absolute atomic E-state index is 14.0. The van der Waals surface area contributed by atoms with Crippen molar-refractivity contribution >= 4 is 16.7 Å². The first-order valence-electron chi connectivity index (χ1n) is 7.69. The molecule has 0 radical (unpaired) electrons. The molecule has 0 aliphatic heterocycles. The zero-order chi connectivity index (χ0) is 17.8. The minimum Gasteiger partial charge on any atom is -0.475 e. The Balaban J connectivity index is 1.98. The van der Waals surface area contributed by atoms with Crippen molar-refractivity contribution < 1.29 is 18.6 Å². The fraction of sp³-hybridized carbons (Fsp3) is 0.222. The quantitative estimate of drug-likeness (QED) is 0.545. The first-order valence-corrected chi connectivity index (χ1v) is 7.69. The smallest absolute Gasteiger partial charge is 0.217 e. The third kappa shape index (κ3) is 3.77. The van der Waals surface area contributed by atoms with Crippen molar-refractivity contribution in [2.45, 2.75) is 6.92 Å². The van der Waals surface area contributed by atoms with Gasteiger partial charge in [-0.15, -0.1) is 0 Å². The molecule has 0 amide bonds. The van der Waals surface area contributed by atoms with Crippen molar-refractivity contribution in [2.24, 2.45) is 0 Å². The van der Waals surface area contributed by atoms with Gasteiger partial charge in [-0.05, 0) is 25.1 Å². The topological polar surface area (TPSA) is 79.5 Å². The number of aryl methyl sites for hydroxylation is 1. The van der Waals surface area contributed by atoms with Crippen LogP contribution in [0.1, 0.15) is 5.56 Å². The van der Waals surface area contributed by atoms with E-state index < -0.39 is 5.82 Å². The fourth-order valence-electron chi connectivity index (χ4n) is 2.29. The number of ether oxygens (including phenoxy) is 3. The Labute approximate surface area is 144 Å². The molecule has 0 spiro atoms. The van der Waals surface area contributed by atoms with E-state index >= 15 is 0 Å². The van der Waals surface area contributed by atoms with Crippen molar-refractivity contribution in [1.82, 2.24) is 9.97 Å². The molecule has 0 aliphatic rings. The molecule has 0 aliphatic carbocycles. The molecule has 25 heavy (non-hydrogen) atoms. The second-order valence-corrected chi connectivity index (χ2v) is 5.42. The molecule has 2 heterocycles. The molecule has 0 fully saturated rings. The van der Waals surface area contributed by atoms with Crippen LogP contribution in [0, 0.1) is 12.7 Å². The Hall–Kier alpha value is -2.93. The average Bonchev–Trinajstić information content (AvgIpc) is 2.58. The summed E-state index contributed by atoms with van der Waals surface area (Å²) in [4.78, 5) is 8.76. The molecule has 0 atom stereocenters. The number of pyridine rings is 2. The molecule has 3 rings (SSSR count). The van der Waals surface area contributed by atoms with Gasteiger partial charge in [-0.25, -0.2) is 9.37 Å². The predicted molar refractivity (Wildman–Crippen MR) is 92.5 cm³/mol. The van der Waals surface area contributed by atoms with Crippen molar-refractivity contribution in [2.75, 3.05) is 26.1 Å². The van der Waals surface area contributed by atoms with Gasteiger partial charge in [0.25, 0.3) is 0 Å². The minimum atomic E-state index is -0.548. The van der Waals surface area contributed by atoms with Gasteiger partial charge < -0.3 is 19.9 Å². The minimum absolute atomic E-state index is 0.0610. The molecule has 0 saturated heterocycles. The van der Waals surface area contributed by atoms with E-state index in [4.69, 9.17) is 19.9 Å². The Bertz CT molecular complexity index is 902. The number of hydrogen-bond acceptors (Lipinski definition) is 6. The molecule has 0 unspecified atom stereocenters. The number of aromatic nitrogens is 2. The summed E-state index contributed by atoms with van der Waals surface area (Å²) in [7, 11) is 1.60. The molecular formula is C18H18FN3O3. The maximum Gasteiger partial charge on any atom is 0.217 e. The summed E-state index contributed by atoms with van der Waals surface area (Å²) in [5.74, 6) is 0.352. The van der Waals surface area contributed by atoms with Crippen molar-refractivity contribution in [1.29, 1.82) is 0 Å². The highest BCUT2D eigenvalue weighted by Gasteiger charge is 2.13. The largest absolute Gasteiger partial charge is 0.475 e. The number of benzene rings is 1. The Morgan fingerprint density at radius 1 is 1.12 bits per heavy atom. The molecule has 0 bridgehead atoms. The summed E-state index contributed by atoms with van der Waals surface area (Å²) < 4.78 is 30.3. The first kappa shape index (κ1) is 16.9. The van der Waals surface area contributed by atoms with E-state index in [1.54, 1.807) is 25.4 Å². The van der Waals surface area contributed by atoms with Gasteiger partial charge in [0.05, 0.1) is 12.1 Å². The second kappa shape index (κ2) is 7.31. The predicted octanol–water partition coefficient (Wildman–Crippen LogP) is 3.48. The highest BCUT2D eigenvalue weighted by atomic mass is 19.1. The van der Waals surface area contributed by atoms with Gasteiger partial charge in [0.1, 0.15) is 12.1 Å². The second-order valence-electron chi connectivity index (χ2n) is 5.42. The van der Waals surface area contributed by atoms with E-state index in [1.165, 1.54) is 12.1 Å². The van der Waals surface area contributed by atoms with E-state index in [2.05, 4.69) is 9.97 Å². The summed E-state index contributed by atoms with van der Waals surface area (Å²) in [5.41, 5.74) is 7.84. The number of nitrogens with zero attached hydrogens (tertiary/aromatic N) is 2. The monoisotopic (exact) mass is 343 g/mol. The number of rotatable bonds is 6. The van der Waals surface area contributed by atoms with Crippen LogP contribution in [0.5, 0.6) is 17.4 Å². The molecule has 7 heteroatoms. The summed E-state index contributed by atoms with van der Waals surface area (Å²) in [6, 6.07) is 7.71. The number of nitrogen functional groups attached to an aromatic ring is 1. The van der Waals surface area contributed by atoms with Crippen LogP contribution in [-0.4, -0.2) is 30.3 Å². The normalized spacial score (nSPS) is 10.8. The van der Waals surface area contributed by atoms with Crippen molar-refractivity contribution in [3.05, 3.63) is 47.9 Å². The number of nitrogens with two attached hydrogens (primary N) is 1. The van der Waals surface area contributed by atoms with Crippen LogP contribution in [0.2, 0.25) is 0 Å². The van der Waals surface area contributed by atoms with Gasteiger partial charge in [-0.2, -0.15) is 0 Å². The summed E-state index contributed by atoms with van der Waals surface area (Å²) in [5, 5.41) is 0.